The van der Waals surface area contributed by atoms with Crippen molar-refractivity contribution in [2.24, 2.45) is 11.7 Å². The van der Waals surface area contributed by atoms with E-state index in [1.807, 2.05) is 0 Å². The van der Waals surface area contributed by atoms with Crippen LogP contribution in [0.1, 0.15) is 23.2 Å². The van der Waals surface area contributed by atoms with Crippen LogP contribution in [0.2, 0.25) is 0 Å². The van der Waals surface area contributed by atoms with Crippen molar-refractivity contribution in [2.75, 3.05) is 20.7 Å². The van der Waals surface area contributed by atoms with Crippen molar-refractivity contribution in [1.82, 2.24) is 10.0 Å². The van der Waals surface area contributed by atoms with E-state index in [1.54, 1.807) is 0 Å². The third kappa shape index (κ3) is 3.76. The lowest BCUT2D eigenvalue weighted by Crippen LogP contribution is -2.38. The Hall–Kier alpha value is -1.64. The van der Waals surface area contributed by atoms with Crippen LogP contribution in [0.3, 0.4) is 0 Å². The number of amides is 1. The molecule has 4 N–H and O–H groups in total. The van der Waals surface area contributed by atoms with E-state index >= 15 is 0 Å². The Morgan fingerprint density at radius 2 is 2.14 bits per heavy atom. The van der Waals surface area contributed by atoms with Crippen molar-refractivity contribution in [3.8, 4) is 5.75 Å². The predicted octanol–water partition coefficient (Wildman–Crippen LogP) is 0.0704. The number of methoxy groups -OCH3 is 1. The van der Waals surface area contributed by atoms with Crippen molar-refractivity contribution in [3.63, 3.8) is 0 Å². The molecule has 1 aromatic carbocycles. The topological polar surface area (TPSA) is 111 Å². The van der Waals surface area contributed by atoms with E-state index in [2.05, 4.69) is 10.0 Å². The minimum absolute atomic E-state index is 0.0530. The molecule has 0 bridgehead atoms. The Morgan fingerprint density at radius 1 is 1.45 bits per heavy atom. The van der Waals surface area contributed by atoms with E-state index in [0.717, 1.165) is 12.8 Å². The van der Waals surface area contributed by atoms with Crippen LogP contribution in [0.15, 0.2) is 23.1 Å². The molecule has 0 heterocycles. The third-order valence-electron chi connectivity index (χ3n) is 3.71. The minimum Gasteiger partial charge on any atom is -0.495 e. The molecule has 1 atom stereocenters. The zero-order valence-electron chi connectivity index (χ0n) is 12.6. The normalized spacial score (nSPS) is 16.1. The van der Waals surface area contributed by atoms with Crippen molar-refractivity contribution < 1.29 is 17.9 Å². The molecule has 0 saturated heterocycles. The molecule has 1 amide bonds. The summed E-state index contributed by atoms with van der Waals surface area (Å²) in [6.45, 7) is 0.379. The number of nitrogens with two attached hydrogens (primary N) is 1. The average molecular weight is 327 g/mol. The summed E-state index contributed by atoms with van der Waals surface area (Å²) < 4.78 is 31.2. The Bertz CT molecular complexity index is 656. The van der Waals surface area contributed by atoms with Crippen LogP contribution in [0, 0.1) is 5.92 Å². The van der Waals surface area contributed by atoms with Gasteiger partial charge in [-0.1, -0.05) is 0 Å². The van der Waals surface area contributed by atoms with E-state index in [9.17, 15) is 13.2 Å². The molecule has 0 spiro atoms. The molecule has 1 unspecified atom stereocenters. The number of rotatable bonds is 7. The number of sulfonamides is 1. The standard InChI is InChI=1S/C14H21N3O4S/c1-16-22(19,20)13-7-10(5-6-12(13)21-2)14(18)17-8-11(15)9-3-4-9/h5-7,9,11,16H,3-4,8,15H2,1-2H3,(H,17,18). The Balaban J connectivity index is 2.16. The Labute approximate surface area is 130 Å². The van der Waals surface area contributed by atoms with Gasteiger partial charge in [0.1, 0.15) is 10.6 Å². The summed E-state index contributed by atoms with van der Waals surface area (Å²) in [7, 11) is -1.04. The first kappa shape index (κ1) is 16.7. The lowest BCUT2D eigenvalue weighted by molar-refractivity contribution is 0.0950. The van der Waals surface area contributed by atoms with Gasteiger partial charge in [0.15, 0.2) is 0 Å². The second-order valence-electron chi connectivity index (χ2n) is 5.28. The molecule has 1 aromatic rings. The maximum absolute atomic E-state index is 12.1. The minimum atomic E-state index is -3.71. The van der Waals surface area contributed by atoms with Crippen molar-refractivity contribution in [2.45, 2.75) is 23.8 Å². The summed E-state index contributed by atoms with van der Waals surface area (Å²) in [5.74, 6) is 0.309. The molecule has 22 heavy (non-hydrogen) atoms. The SMILES string of the molecule is CNS(=O)(=O)c1cc(C(=O)NCC(N)C2CC2)ccc1OC. The van der Waals surface area contributed by atoms with Crippen LogP contribution in [0.4, 0.5) is 0 Å². The van der Waals surface area contributed by atoms with Gasteiger partial charge in [0.05, 0.1) is 7.11 Å². The highest BCUT2D eigenvalue weighted by molar-refractivity contribution is 7.89. The number of carbonyl (C=O) groups is 1. The lowest BCUT2D eigenvalue weighted by Gasteiger charge is -2.13. The number of hydrogen-bond donors (Lipinski definition) is 3. The molecule has 0 aliphatic heterocycles. The Kier molecular flexibility index (Phi) is 5.05. The summed E-state index contributed by atoms with van der Waals surface area (Å²) in [6, 6.07) is 4.22. The maximum atomic E-state index is 12.1. The van der Waals surface area contributed by atoms with Gasteiger partial charge in [-0.05, 0) is 44.0 Å². The second kappa shape index (κ2) is 6.64. The van der Waals surface area contributed by atoms with Crippen molar-refractivity contribution >= 4 is 15.9 Å². The van der Waals surface area contributed by atoms with Gasteiger partial charge in [-0.15, -0.1) is 0 Å². The fraction of sp³-hybridized carbons (Fsp3) is 0.500. The van der Waals surface area contributed by atoms with Crippen LogP contribution >= 0.6 is 0 Å². The second-order valence-corrected chi connectivity index (χ2v) is 7.14. The first-order valence-corrected chi connectivity index (χ1v) is 8.52. The highest BCUT2D eigenvalue weighted by Gasteiger charge is 2.28. The first-order chi connectivity index (χ1) is 10.4. The first-order valence-electron chi connectivity index (χ1n) is 7.04. The largest absolute Gasteiger partial charge is 0.495 e. The molecule has 1 aliphatic carbocycles. The van der Waals surface area contributed by atoms with Crippen LogP contribution in [0.5, 0.6) is 5.75 Å². The van der Waals surface area contributed by atoms with E-state index in [-0.39, 0.29) is 28.2 Å². The summed E-state index contributed by atoms with van der Waals surface area (Å²) >= 11 is 0. The van der Waals surface area contributed by atoms with Gasteiger partial charge >= 0.3 is 0 Å². The summed E-state index contributed by atoms with van der Waals surface area (Å²) in [4.78, 5) is 12.1. The molecule has 0 radical (unpaired) electrons. The van der Waals surface area contributed by atoms with Crippen LogP contribution in [0.25, 0.3) is 0 Å². The quantitative estimate of drug-likeness (QED) is 0.656. The van der Waals surface area contributed by atoms with E-state index in [0.29, 0.717) is 12.5 Å². The molecule has 1 aliphatic rings. The lowest BCUT2D eigenvalue weighted by atomic mass is 10.1. The molecule has 1 saturated carbocycles. The number of ether oxygens (including phenoxy) is 1. The van der Waals surface area contributed by atoms with Gasteiger partial charge in [-0.2, -0.15) is 0 Å². The van der Waals surface area contributed by atoms with E-state index in [4.69, 9.17) is 10.5 Å². The molecule has 0 aromatic heterocycles. The zero-order valence-corrected chi connectivity index (χ0v) is 13.4. The average Bonchev–Trinajstić information content (AvgIpc) is 3.36. The molecule has 2 rings (SSSR count). The maximum Gasteiger partial charge on any atom is 0.251 e. The van der Waals surface area contributed by atoms with Gasteiger partial charge in [0, 0.05) is 18.2 Å². The van der Waals surface area contributed by atoms with Gasteiger partial charge in [0.25, 0.3) is 5.91 Å². The van der Waals surface area contributed by atoms with E-state index in [1.165, 1.54) is 32.4 Å². The molecule has 7 nitrogen and oxygen atoms in total. The predicted molar refractivity (Wildman–Crippen MR) is 82.3 cm³/mol. The number of carbonyl (C=O) groups excluding carboxylic acids is 1. The van der Waals surface area contributed by atoms with Crippen LogP contribution in [-0.4, -0.2) is 41.1 Å². The summed E-state index contributed by atoms with van der Waals surface area (Å²) in [5, 5.41) is 2.73. The summed E-state index contributed by atoms with van der Waals surface area (Å²) in [6.07, 6.45) is 2.20. The monoisotopic (exact) mass is 327 g/mol. The van der Waals surface area contributed by atoms with Gasteiger partial charge in [-0.25, -0.2) is 13.1 Å². The van der Waals surface area contributed by atoms with Gasteiger partial charge in [0.2, 0.25) is 10.0 Å². The highest BCUT2D eigenvalue weighted by Crippen LogP contribution is 2.31. The van der Waals surface area contributed by atoms with Crippen LogP contribution < -0.4 is 20.5 Å². The van der Waals surface area contributed by atoms with E-state index < -0.39 is 10.0 Å². The molecule has 122 valence electrons. The molecular weight excluding hydrogens is 306 g/mol. The van der Waals surface area contributed by atoms with Gasteiger partial charge in [-0.3, -0.25) is 4.79 Å². The number of benzene rings is 1. The smallest absolute Gasteiger partial charge is 0.251 e. The number of nitrogens with one attached hydrogen (secondary N) is 2. The number of hydrogen-bond acceptors (Lipinski definition) is 5. The molecular formula is C14H21N3O4S. The van der Waals surface area contributed by atoms with Gasteiger partial charge < -0.3 is 15.8 Å². The van der Waals surface area contributed by atoms with Crippen molar-refractivity contribution in [1.29, 1.82) is 0 Å². The fourth-order valence-corrected chi connectivity index (χ4v) is 3.06. The summed E-state index contributed by atoms with van der Waals surface area (Å²) in [5.41, 5.74) is 6.18. The third-order valence-corrected chi connectivity index (χ3v) is 5.15. The fourth-order valence-electron chi connectivity index (χ4n) is 2.14. The molecule has 8 heteroatoms. The van der Waals surface area contributed by atoms with Crippen molar-refractivity contribution in [3.05, 3.63) is 23.8 Å². The molecule has 1 fully saturated rings. The highest BCUT2D eigenvalue weighted by atomic mass is 32.2. The zero-order chi connectivity index (χ0) is 16.3. The van der Waals surface area contributed by atoms with Crippen LogP contribution in [-0.2, 0) is 10.0 Å². The Morgan fingerprint density at radius 3 is 2.68 bits per heavy atom.